The number of nitrogens with zero attached hydrogens (tertiary/aromatic N) is 2. The van der Waals surface area contributed by atoms with E-state index in [0.29, 0.717) is 59.7 Å². The van der Waals surface area contributed by atoms with Gasteiger partial charge >= 0.3 is 0 Å². The van der Waals surface area contributed by atoms with Crippen LogP contribution in [0.5, 0.6) is 0 Å². The maximum absolute atomic E-state index is 12.9. The summed E-state index contributed by atoms with van der Waals surface area (Å²) in [7, 11) is 0. The number of hydrogen-bond donors (Lipinski definition) is 1. The molecule has 0 bridgehead atoms. The highest BCUT2D eigenvalue weighted by Gasteiger charge is 2.67. The van der Waals surface area contributed by atoms with Gasteiger partial charge in [0.1, 0.15) is 12.4 Å². The Morgan fingerprint density at radius 2 is 2.12 bits per heavy atom. The van der Waals surface area contributed by atoms with Crippen molar-refractivity contribution in [1.82, 2.24) is 10.4 Å². The molecule has 2 heterocycles. The SMILES string of the molecule is C=CCON=C1CC2CC3C(C[C@]2(C)[C@H]2CC[C@]4(C)C(=O)CC[C@H]4[C@H]12)N3O[C@@H]1CCNC1. The largest absolute Gasteiger partial charge is 0.392 e. The highest BCUT2D eigenvalue weighted by molar-refractivity contribution is 5.92. The molecule has 0 aromatic rings. The van der Waals surface area contributed by atoms with Crippen LogP contribution < -0.4 is 5.32 Å². The third-order valence-electron chi connectivity index (χ3n) is 10.4. The predicted molar refractivity (Wildman–Crippen MR) is 123 cm³/mol. The molecule has 2 aliphatic heterocycles. The van der Waals surface area contributed by atoms with Gasteiger partial charge in [-0.2, -0.15) is 5.06 Å². The molecule has 6 fully saturated rings. The number of fused-ring (bicyclic) bond motifs is 6. The van der Waals surface area contributed by atoms with E-state index in [0.717, 1.165) is 51.6 Å². The highest BCUT2D eigenvalue weighted by Crippen LogP contribution is 2.67. The van der Waals surface area contributed by atoms with E-state index in [1.165, 1.54) is 18.6 Å². The number of Topliss-reactive ketones (excluding diaryl/α,β-unsaturated/α-hetero) is 1. The topological polar surface area (TPSA) is 62.9 Å². The molecule has 1 N–H and O–H groups in total. The summed E-state index contributed by atoms with van der Waals surface area (Å²) in [6, 6.07) is 1.15. The lowest BCUT2D eigenvalue weighted by Crippen LogP contribution is -2.57. The van der Waals surface area contributed by atoms with E-state index in [1.54, 1.807) is 6.08 Å². The van der Waals surface area contributed by atoms with E-state index in [1.807, 2.05) is 0 Å². The lowest BCUT2D eigenvalue weighted by Gasteiger charge is -2.59. The van der Waals surface area contributed by atoms with Gasteiger partial charge < -0.3 is 10.2 Å². The second-order valence-electron chi connectivity index (χ2n) is 11.9. The minimum Gasteiger partial charge on any atom is -0.392 e. The Kier molecular flexibility index (Phi) is 5.09. The van der Waals surface area contributed by atoms with Crippen LogP contribution in [-0.2, 0) is 14.5 Å². The lowest BCUT2D eigenvalue weighted by atomic mass is 9.45. The number of rotatable bonds is 5. The smallest absolute Gasteiger partial charge is 0.139 e. The normalized spacial score (nSPS) is 52.7. The van der Waals surface area contributed by atoms with Crippen LogP contribution in [-0.4, -0.2) is 54.4 Å². The molecule has 0 aromatic carbocycles. The second-order valence-corrected chi connectivity index (χ2v) is 11.9. The average Bonchev–Trinajstić information content (AvgIpc) is 3.09. The minimum absolute atomic E-state index is 0.162. The molecule has 4 saturated carbocycles. The Morgan fingerprint density at radius 3 is 2.91 bits per heavy atom. The zero-order chi connectivity index (χ0) is 22.1. The molecule has 0 spiro atoms. The highest BCUT2D eigenvalue weighted by atomic mass is 16.7. The first-order chi connectivity index (χ1) is 15.5. The van der Waals surface area contributed by atoms with E-state index in [2.05, 4.69) is 30.8 Å². The van der Waals surface area contributed by atoms with Crippen molar-refractivity contribution >= 4 is 11.5 Å². The summed E-state index contributed by atoms with van der Waals surface area (Å²) in [4.78, 5) is 25.0. The number of carbonyl (C=O) groups is 1. The van der Waals surface area contributed by atoms with Crippen molar-refractivity contribution in [2.75, 3.05) is 19.7 Å². The van der Waals surface area contributed by atoms with Crippen molar-refractivity contribution < 1.29 is 14.5 Å². The van der Waals surface area contributed by atoms with Crippen LogP contribution in [0.4, 0.5) is 0 Å². The molecular formula is C26H39N3O3. The van der Waals surface area contributed by atoms with Crippen LogP contribution >= 0.6 is 0 Å². The number of hydroxylamine groups is 2. The number of oxime groups is 1. The Morgan fingerprint density at radius 1 is 1.25 bits per heavy atom. The van der Waals surface area contributed by atoms with Gasteiger partial charge in [-0.15, -0.1) is 0 Å². The standard InChI is InChI=1S/C26H39N3O3/c1-4-11-31-28-20-12-16-13-21-22(29(21)32-17-8-10-27-15-17)14-26(16,3)19-7-9-25(2)18(24(19)20)5-6-23(25)30/h4,16-19,21-22,24,27H,1,5-15H2,2-3H3/t16?,17-,18+,19+,21?,22?,24+,25+,26+,29?/m1/s1. The number of ketones is 1. The first kappa shape index (κ1) is 21.3. The molecule has 6 aliphatic rings. The lowest BCUT2D eigenvalue weighted by molar-refractivity contribution is -0.132. The van der Waals surface area contributed by atoms with Crippen molar-refractivity contribution in [3.05, 3.63) is 12.7 Å². The summed E-state index contributed by atoms with van der Waals surface area (Å²) in [5, 5.41) is 10.5. The predicted octanol–water partition coefficient (Wildman–Crippen LogP) is 3.72. The molecule has 10 atom stereocenters. The Bertz CT molecular complexity index is 823. The molecule has 6 rings (SSSR count). The summed E-state index contributed by atoms with van der Waals surface area (Å²) in [6.07, 6.45) is 10.6. The van der Waals surface area contributed by atoms with E-state index in [4.69, 9.17) is 14.8 Å². The van der Waals surface area contributed by atoms with Crippen LogP contribution in [0.3, 0.4) is 0 Å². The molecule has 0 radical (unpaired) electrons. The monoisotopic (exact) mass is 441 g/mol. The summed E-state index contributed by atoms with van der Waals surface area (Å²) >= 11 is 0. The molecule has 6 heteroatoms. The van der Waals surface area contributed by atoms with Gasteiger partial charge in [0, 0.05) is 24.3 Å². The number of hydrogen-bond acceptors (Lipinski definition) is 6. The fraction of sp³-hybridized carbons (Fsp3) is 0.846. The van der Waals surface area contributed by atoms with Crippen molar-refractivity contribution in [2.24, 2.45) is 39.7 Å². The second kappa shape index (κ2) is 7.64. The Labute approximate surface area is 192 Å². The average molecular weight is 442 g/mol. The molecule has 4 aliphatic carbocycles. The van der Waals surface area contributed by atoms with Gasteiger partial charge in [-0.05, 0) is 74.7 Å². The zero-order valence-corrected chi connectivity index (χ0v) is 19.7. The van der Waals surface area contributed by atoms with Gasteiger partial charge in [0.25, 0.3) is 0 Å². The van der Waals surface area contributed by atoms with Gasteiger partial charge in [-0.1, -0.05) is 31.7 Å². The summed E-state index contributed by atoms with van der Waals surface area (Å²) in [5.41, 5.74) is 1.37. The molecule has 6 nitrogen and oxygen atoms in total. The number of carbonyl (C=O) groups excluding carboxylic acids is 1. The third kappa shape index (κ3) is 3.08. The van der Waals surface area contributed by atoms with Gasteiger partial charge in [0.2, 0.25) is 0 Å². The van der Waals surface area contributed by atoms with E-state index in [-0.39, 0.29) is 5.41 Å². The molecule has 4 unspecified atom stereocenters. The van der Waals surface area contributed by atoms with Gasteiger partial charge in [-0.3, -0.25) is 9.63 Å². The fourth-order valence-electron chi connectivity index (χ4n) is 8.57. The number of nitrogens with one attached hydrogen (secondary N) is 1. The van der Waals surface area contributed by atoms with Crippen LogP contribution in [0, 0.1) is 34.5 Å². The Hall–Kier alpha value is -1.24. The molecule has 2 saturated heterocycles. The fourth-order valence-corrected chi connectivity index (χ4v) is 8.57. The minimum atomic E-state index is -0.162. The maximum atomic E-state index is 12.9. The quantitative estimate of drug-likeness (QED) is 0.305. The van der Waals surface area contributed by atoms with Crippen molar-refractivity contribution in [1.29, 1.82) is 0 Å². The molecule has 0 amide bonds. The summed E-state index contributed by atoms with van der Waals surface area (Å²) in [6.45, 7) is 11.1. The zero-order valence-electron chi connectivity index (χ0n) is 19.7. The van der Waals surface area contributed by atoms with Crippen molar-refractivity contribution in [3.8, 4) is 0 Å². The van der Waals surface area contributed by atoms with Gasteiger partial charge in [0.05, 0.1) is 23.9 Å². The van der Waals surface area contributed by atoms with Gasteiger partial charge in [0.15, 0.2) is 0 Å². The molecular weight excluding hydrogens is 402 g/mol. The third-order valence-corrected chi connectivity index (χ3v) is 10.4. The van der Waals surface area contributed by atoms with Crippen molar-refractivity contribution in [3.63, 3.8) is 0 Å². The van der Waals surface area contributed by atoms with Crippen LogP contribution in [0.1, 0.15) is 65.2 Å². The van der Waals surface area contributed by atoms with Crippen LogP contribution in [0.2, 0.25) is 0 Å². The first-order valence-corrected chi connectivity index (χ1v) is 12.9. The van der Waals surface area contributed by atoms with Crippen LogP contribution in [0.25, 0.3) is 0 Å². The Balaban J connectivity index is 1.28. The summed E-state index contributed by atoms with van der Waals surface area (Å²) in [5.74, 6) is 2.50. The molecule has 0 aromatic heterocycles. The van der Waals surface area contributed by atoms with Crippen molar-refractivity contribution in [2.45, 2.75) is 83.4 Å². The molecule has 176 valence electrons. The molecule has 32 heavy (non-hydrogen) atoms. The van der Waals surface area contributed by atoms with E-state index < -0.39 is 0 Å². The van der Waals surface area contributed by atoms with E-state index >= 15 is 0 Å². The maximum Gasteiger partial charge on any atom is 0.139 e. The first-order valence-electron chi connectivity index (χ1n) is 12.9. The summed E-state index contributed by atoms with van der Waals surface area (Å²) < 4.78 is 0. The van der Waals surface area contributed by atoms with E-state index in [9.17, 15) is 4.79 Å². The van der Waals surface area contributed by atoms with Gasteiger partial charge in [-0.25, -0.2) is 0 Å². The van der Waals surface area contributed by atoms with Crippen LogP contribution in [0.15, 0.2) is 17.8 Å².